The maximum Gasteiger partial charge on any atom is 0.325 e. The Morgan fingerprint density at radius 3 is 2.82 bits per heavy atom. The lowest BCUT2D eigenvalue weighted by Gasteiger charge is -2.26. The summed E-state index contributed by atoms with van der Waals surface area (Å²) in [6, 6.07) is 8.27. The van der Waals surface area contributed by atoms with E-state index in [2.05, 4.69) is 12.1 Å². The number of unbranched alkanes of at least 4 members (excludes halogenated alkanes) is 1. The number of halogens is 1. The first-order valence-electron chi connectivity index (χ1n) is 12.9. The number of fused-ring (bicyclic) bond motifs is 1. The molecule has 1 aliphatic heterocycles. The summed E-state index contributed by atoms with van der Waals surface area (Å²) in [5, 5.41) is 10.0. The Bertz CT molecular complexity index is 1020. The predicted molar refractivity (Wildman–Crippen MR) is 128 cm³/mol. The standard InChI is InChI=1S/C28H35FN2O3/c29-21-11-13-24(19-8-9-19)25(17-21)27(28(32)33)31-15-14-23(18-31)34-16-4-3-6-22-12-10-20-5-1-2-7-26(20)30-22/h10-13,17,19,23,27H,1-9,14-16,18H2,(H,32,33)/t23-,27?/m1/s1. The third-order valence-electron chi connectivity index (χ3n) is 7.55. The molecule has 0 amide bonds. The average molecular weight is 467 g/mol. The molecule has 2 fully saturated rings. The lowest BCUT2D eigenvalue weighted by molar-refractivity contribution is -0.143. The number of rotatable bonds is 10. The van der Waals surface area contributed by atoms with Crippen molar-refractivity contribution in [2.45, 2.75) is 82.3 Å². The van der Waals surface area contributed by atoms with E-state index in [4.69, 9.17) is 9.72 Å². The molecule has 182 valence electrons. The molecule has 1 saturated heterocycles. The molecule has 2 heterocycles. The first kappa shape index (κ1) is 23.4. The van der Waals surface area contributed by atoms with Crippen LogP contribution in [0.4, 0.5) is 4.39 Å². The summed E-state index contributed by atoms with van der Waals surface area (Å²) in [5.74, 6) is -0.909. The smallest absolute Gasteiger partial charge is 0.325 e. The van der Waals surface area contributed by atoms with Crippen LogP contribution in [0.15, 0.2) is 30.3 Å². The largest absolute Gasteiger partial charge is 0.480 e. The van der Waals surface area contributed by atoms with Gasteiger partial charge in [0.2, 0.25) is 0 Å². The van der Waals surface area contributed by atoms with Crippen LogP contribution in [0.1, 0.15) is 85.0 Å². The first-order valence-corrected chi connectivity index (χ1v) is 12.9. The van der Waals surface area contributed by atoms with Gasteiger partial charge in [-0.2, -0.15) is 0 Å². The highest BCUT2D eigenvalue weighted by atomic mass is 19.1. The third kappa shape index (κ3) is 5.49. The van der Waals surface area contributed by atoms with Gasteiger partial charge in [-0.05, 0) is 105 Å². The Morgan fingerprint density at radius 2 is 2.00 bits per heavy atom. The van der Waals surface area contributed by atoms with Gasteiger partial charge in [-0.25, -0.2) is 4.39 Å². The maximum atomic E-state index is 14.0. The number of nitrogens with zero attached hydrogens (tertiary/aromatic N) is 2. The molecule has 0 radical (unpaired) electrons. The number of carboxylic acid groups (broad SMARTS) is 1. The molecule has 3 aliphatic rings. The molecule has 1 aromatic heterocycles. The minimum Gasteiger partial charge on any atom is -0.480 e. The molecule has 2 atom stereocenters. The number of pyridine rings is 1. The molecule has 6 heteroatoms. The molecule has 1 aromatic carbocycles. The van der Waals surface area contributed by atoms with E-state index in [0.29, 0.717) is 31.2 Å². The van der Waals surface area contributed by atoms with Crippen molar-refractivity contribution in [2.24, 2.45) is 0 Å². The van der Waals surface area contributed by atoms with Gasteiger partial charge in [0.25, 0.3) is 0 Å². The predicted octanol–water partition coefficient (Wildman–Crippen LogP) is 5.22. The first-order chi connectivity index (χ1) is 16.6. The minimum atomic E-state index is -0.911. The van der Waals surface area contributed by atoms with E-state index in [1.165, 1.54) is 48.3 Å². The average Bonchev–Trinajstić information content (AvgIpc) is 3.57. The molecule has 0 bridgehead atoms. The van der Waals surface area contributed by atoms with E-state index in [9.17, 15) is 14.3 Å². The Labute approximate surface area is 201 Å². The van der Waals surface area contributed by atoms with Crippen LogP contribution < -0.4 is 0 Å². The van der Waals surface area contributed by atoms with Gasteiger partial charge in [0.1, 0.15) is 11.9 Å². The maximum absolute atomic E-state index is 14.0. The summed E-state index contributed by atoms with van der Waals surface area (Å²) in [6.07, 6.45) is 10.7. The van der Waals surface area contributed by atoms with Gasteiger partial charge < -0.3 is 9.84 Å². The molecular weight excluding hydrogens is 431 g/mol. The monoisotopic (exact) mass is 466 g/mol. The van der Waals surface area contributed by atoms with Crippen LogP contribution in [0.3, 0.4) is 0 Å². The highest BCUT2D eigenvalue weighted by Gasteiger charge is 2.37. The van der Waals surface area contributed by atoms with Gasteiger partial charge in [0.05, 0.1) is 6.10 Å². The zero-order valence-electron chi connectivity index (χ0n) is 19.8. The van der Waals surface area contributed by atoms with Crippen LogP contribution in [0.2, 0.25) is 0 Å². The molecule has 1 saturated carbocycles. The van der Waals surface area contributed by atoms with Gasteiger partial charge in [-0.15, -0.1) is 0 Å². The second-order valence-electron chi connectivity index (χ2n) is 10.1. The Morgan fingerprint density at radius 1 is 1.15 bits per heavy atom. The van der Waals surface area contributed by atoms with Crippen LogP contribution >= 0.6 is 0 Å². The molecule has 1 N–H and O–H groups in total. The molecule has 5 nitrogen and oxygen atoms in total. The highest BCUT2D eigenvalue weighted by molar-refractivity contribution is 5.76. The van der Waals surface area contributed by atoms with Gasteiger partial charge in [-0.3, -0.25) is 14.7 Å². The summed E-state index contributed by atoms with van der Waals surface area (Å²) in [4.78, 5) is 19.0. The van der Waals surface area contributed by atoms with Crippen molar-refractivity contribution in [1.29, 1.82) is 0 Å². The van der Waals surface area contributed by atoms with E-state index in [1.54, 1.807) is 6.07 Å². The number of hydrogen-bond acceptors (Lipinski definition) is 4. The summed E-state index contributed by atoms with van der Waals surface area (Å²) >= 11 is 0. The quantitative estimate of drug-likeness (QED) is 0.487. The van der Waals surface area contributed by atoms with Crippen LogP contribution in [0.5, 0.6) is 0 Å². The number of likely N-dealkylation sites (tertiary alicyclic amines) is 1. The normalized spacial score (nSPS) is 21.4. The lowest BCUT2D eigenvalue weighted by atomic mass is 9.95. The van der Waals surface area contributed by atoms with Crippen LogP contribution in [0.25, 0.3) is 0 Å². The second kappa shape index (κ2) is 10.5. The van der Waals surface area contributed by atoms with Gasteiger partial charge in [-0.1, -0.05) is 12.1 Å². The number of aromatic nitrogens is 1. The van der Waals surface area contributed by atoms with Crippen molar-refractivity contribution in [1.82, 2.24) is 9.88 Å². The summed E-state index contributed by atoms with van der Waals surface area (Å²) in [7, 11) is 0. The molecular formula is C28H35FN2O3. The number of benzene rings is 1. The van der Waals surface area contributed by atoms with Gasteiger partial charge in [0.15, 0.2) is 0 Å². The molecule has 34 heavy (non-hydrogen) atoms. The van der Waals surface area contributed by atoms with E-state index in [0.717, 1.165) is 50.5 Å². The van der Waals surface area contributed by atoms with Crippen LogP contribution in [-0.2, 0) is 28.8 Å². The Kier molecular flexibility index (Phi) is 7.26. The zero-order valence-corrected chi connectivity index (χ0v) is 19.8. The fourth-order valence-corrected chi connectivity index (χ4v) is 5.58. The fourth-order valence-electron chi connectivity index (χ4n) is 5.58. The topological polar surface area (TPSA) is 62.7 Å². The van der Waals surface area contributed by atoms with Crippen LogP contribution in [0, 0.1) is 5.82 Å². The van der Waals surface area contributed by atoms with Crippen molar-refractivity contribution in [3.63, 3.8) is 0 Å². The van der Waals surface area contributed by atoms with E-state index in [-0.39, 0.29) is 11.9 Å². The summed E-state index contributed by atoms with van der Waals surface area (Å²) < 4.78 is 20.1. The van der Waals surface area contributed by atoms with Crippen molar-refractivity contribution >= 4 is 5.97 Å². The molecule has 2 aliphatic carbocycles. The number of aryl methyl sites for hydroxylation is 3. The molecule has 0 spiro atoms. The van der Waals surface area contributed by atoms with Crippen molar-refractivity contribution in [2.75, 3.05) is 19.7 Å². The number of carbonyl (C=O) groups is 1. The zero-order chi connectivity index (χ0) is 23.5. The third-order valence-corrected chi connectivity index (χ3v) is 7.55. The summed E-state index contributed by atoms with van der Waals surface area (Å²) in [5.41, 5.74) is 5.51. The molecule has 5 rings (SSSR count). The van der Waals surface area contributed by atoms with Crippen molar-refractivity contribution in [3.8, 4) is 0 Å². The van der Waals surface area contributed by atoms with E-state index >= 15 is 0 Å². The lowest BCUT2D eigenvalue weighted by Crippen LogP contribution is -2.34. The van der Waals surface area contributed by atoms with E-state index in [1.807, 2.05) is 4.90 Å². The Balaban J connectivity index is 1.10. The summed E-state index contributed by atoms with van der Waals surface area (Å²) in [6.45, 7) is 1.90. The van der Waals surface area contributed by atoms with E-state index < -0.39 is 12.0 Å². The minimum absolute atomic E-state index is 0.0293. The SMILES string of the molecule is O=C(O)C(c1cc(F)ccc1C1CC1)N1CC[C@@H](OCCCCc2ccc3c(n2)CCCC3)C1. The number of carboxylic acids is 1. The van der Waals surface area contributed by atoms with Crippen LogP contribution in [-0.4, -0.2) is 46.8 Å². The Hall–Kier alpha value is -2.31. The fraction of sp³-hybridized carbons (Fsp3) is 0.571. The number of aliphatic carboxylic acids is 1. The van der Waals surface area contributed by atoms with Crippen molar-refractivity contribution in [3.05, 3.63) is 64.2 Å². The van der Waals surface area contributed by atoms with Gasteiger partial charge in [0, 0.05) is 31.1 Å². The number of ether oxygens (including phenoxy) is 1. The van der Waals surface area contributed by atoms with Crippen molar-refractivity contribution < 1.29 is 19.0 Å². The highest BCUT2D eigenvalue weighted by Crippen LogP contribution is 2.44. The van der Waals surface area contributed by atoms with Gasteiger partial charge >= 0.3 is 5.97 Å². The molecule has 2 aromatic rings. The number of hydrogen-bond donors (Lipinski definition) is 1. The molecule has 1 unspecified atom stereocenters. The second-order valence-corrected chi connectivity index (χ2v) is 10.1.